The molecule has 2 rings (SSSR count). The Morgan fingerprint density at radius 3 is 2.40 bits per heavy atom. The van der Waals surface area contributed by atoms with Crippen molar-refractivity contribution in [2.24, 2.45) is 0 Å². The Labute approximate surface area is 114 Å². The monoisotopic (exact) mass is 284 g/mol. The molecule has 0 spiro atoms. The number of nitrogens with one attached hydrogen (secondary N) is 1. The number of amides is 1. The van der Waals surface area contributed by atoms with Crippen molar-refractivity contribution in [3.63, 3.8) is 0 Å². The summed E-state index contributed by atoms with van der Waals surface area (Å²) in [5.41, 5.74) is -1.64. The van der Waals surface area contributed by atoms with Crippen LogP contribution in [0.5, 0.6) is 0 Å². The number of carbonyl (C=O) groups is 1. The van der Waals surface area contributed by atoms with Gasteiger partial charge in [-0.1, -0.05) is 12.8 Å². The molecule has 0 bridgehead atoms. The van der Waals surface area contributed by atoms with Gasteiger partial charge in [0, 0.05) is 5.54 Å². The van der Waals surface area contributed by atoms with Crippen LogP contribution in [0.1, 0.15) is 43.0 Å². The van der Waals surface area contributed by atoms with E-state index in [0.717, 1.165) is 25.7 Å². The molecule has 20 heavy (non-hydrogen) atoms. The number of nitro groups is 1. The second-order valence-electron chi connectivity index (χ2n) is 5.26. The highest BCUT2D eigenvalue weighted by atomic mass is 19.2. The van der Waals surface area contributed by atoms with Gasteiger partial charge >= 0.3 is 0 Å². The first-order valence-electron chi connectivity index (χ1n) is 6.28. The number of nitrogens with zero attached hydrogens (tertiary/aromatic N) is 1. The minimum atomic E-state index is -1.35. The van der Waals surface area contributed by atoms with E-state index in [1.54, 1.807) is 0 Å². The number of nitro benzene ring substituents is 1. The van der Waals surface area contributed by atoms with Gasteiger partial charge in [0.25, 0.3) is 11.6 Å². The molecule has 1 aromatic carbocycles. The number of hydrogen-bond acceptors (Lipinski definition) is 3. The Hall–Kier alpha value is -2.05. The van der Waals surface area contributed by atoms with Crippen molar-refractivity contribution in [3.05, 3.63) is 39.4 Å². The van der Waals surface area contributed by atoms with Crippen LogP contribution < -0.4 is 5.32 Å². The number of halogens is 2. The minimum absolute atomic E-state index is 0.432. The molecule has 1 N–H and O–H groups in total. The summed E-state index contributed by atoms with van der Waals surface area (Å²) in [6, 6.07) is 1.00. The highest BCUT2D eigenvalue weighted by molar-refractivity contribution is 5.98. The molecule has 108 valence electrons. The fourth-order valence-corrected chi connectivity index (χ4v) is 2.49. The average Bonchev–Trinajstić information content (AvgIpc) is 2.78. The number of benzene rings is 1. The van der Waals surface area contributed by atoms with Gasteiger partial charge in [-0.15, -0.1) is 0 Å². The Balaban J connectivity index is 2.33. The molecule has 0 heterocycles. The zero-order valence-electron chi connectivity index (χ0n) is 10.9. The average molecular weight is 284 g/mol. The van der Waals surface area contributed by atoms with Crippen molar-refractivity contribution < 1.29 is 18.5 Å². The predicted molar refractivity (Wildman–Crippen MR) is 67.4 cm³/mol. The van der Waals surface area contributed by atoms with E-state index in [1.165, 1.54) is 0 Å². The molecule has 0 atom stereocenters. The smallest absolute Gasteiger partial charge is 0.285 e. The standard InChI is InChI=1S/C13H14F2N2O3/c1-13(4-2-3-5-13)16-12(18)8-6-9(14)10(15)7-11(8)17(19)20/h6-7H,2-5H2,1H3,(H,16,18). The van der Waals surface area contributed by atoms with E-state index in [2.05, 4.69) is 5.32 Å². The molecule has 1 aliphatic carbocycles. The fourth-order valence-electron chi connectivity index (χ4n) is 2.49. The molecule has 1 aromatic rings. The molecule has 1 amide bonds. The molecule has 1 fully saturated rings. The first-order chi connectivity index (χ1) is 9.32. The van der Waals surface area contributed by atoms with Gasteiger partial charge in [0.15, 0.2) is 11.6 Å². The zero-order chi connectivity index (χ0) is 14.9. The highest BCUT2D eigenvalue weighted by Gasteiger charge is 2.33. The summed E-state index contributed by atoms with van der Waals surface area (Å²) in [4.78, 5) is 22.0. The quantitative estimate of drug-likeness (QED) is 0.685. The van der Waals surface area contributed by atoms with Crippen molar-refractivity contribution in [3.8, 4) is 0 Å². The van der Waals surface area contributed by atoms with Crippen LogP contribution in [0.15, 0.2) is 12.1 Å². The van der Waals surface area contributed by atoms with E-state index in [0.29, 0.717) is 12.1 Å². The Bertz CT molecular complexity index is 569. The van der Waals surface area contributed by atoms with Crippen molar-refractivity contribution in [1.29, 1.82) is 0 Å². The van der Waals surface area contributed by atoms with E-state index in [4.69, 9.17) is 0 Å². The number of carbonyl (C=O) groups excluding carboxylic acids is 1. The van der Waals surface area contributed by atoms with Crippen LogP contribution in [0, 0.1) is 21.7 Å². The molecular formula is C13H14F2N2O3. The van der Waals surface area contributed by atoms with Gasteiger partial charge in [-0.05, 0) is 25.8 Å². The van der Waals surface area contributed by atoms with Crippen LogP contribution in [0.3, 0.4) is 0 Å². The Morgan fingerprint density at radius 1 is 1.30 bits per heavy atom. The zero-order valence-corrected chi connectivity index (χ0v) is 10.9. The third-order valence-corrected chi connectivity index (χ3v) is 3.60. The van der Waals surface area contributed by atoms with Crippen molar-refractivity contribution in [1.82, 2.24) is 5.32 Å². The van der Waals surface area contributed by atoms with Gasteiger partial charge in [0.2, 0.25) is 0 Å². The molecule has 1 saturated carbocycles. The topological polar surface area (TPSA) is 72.2 Å². The van der Waals surface area contributed by atoms with Crippen LogP contribution in [0.2, 0.25) is 0 Å². The molecule has 5 nitrogen and oxygen atoms in total. The SMILES string of the molecule is CC1(NC(=O)c2cc(F)c(F)cc2[N+](=O)[O-])CCCC1. The molecular weight excluding hydrogens is 270 g/mol. The minimum Gasteiger partial charge on any atom is -0.347 e. The van der Waals surface area contributed by atoms with E-state index < -0.39 is 39.3 Å². The summed E-state index contributed by atoms with van der Waals surface area (Å²) in [5, 5.41) is 13.5. The molecule has 0 aliphatic heterocycles. The van der Waals surface area contributed by atoms with Crippen molar-refractivity contribution in [2.45, 2.75) is 38.1 Å². The van der Waals surface area contributed by atoms with E-state index >= 15 is 0 Å². The van der Waals surface area contributed by atoms with Gasteiger partial charge in [0.05, 0.1) is 11.0 Å². The first kappa shape index (κ1) is 14.4. The van der Waals surface area contributed by atoms with Gasteiger partial charge in [-0.2, -0.15) is 0 Å². The second-order valence-corrected chi connectivity index (χ2v) is 5.26. The summed E-state index contributed by atoms with van der Waals surface area (Å²) in [5.74, 6) is -3.38. The summed E-state index contributed by atoms with van der Waals surface area (Å²) < 4.78 is 26.3. The number of rotatable bonds is 3. The maximum Gasteiger partial charge on any atom is 0.285 e. The molecule has 0 radical (unpaired) electrons. The summed E-state index contributed by atoms with van der Waals surface area (Å²) in [6.07, 6.45) is 3.43. The lowest BCUT2D eigenvalue weighted by atomic mass is 9.99. The highest BCUT2D eigenvalue weighted by Crippen LogP contribution is 2.30. The lowest BCUT2D eigenvalue weighted by molar-refractivity contribution is -0.385. The molecule has 0 unspecified atom stereocenters. The normalized spacial score (nSPS) is 16.9. The van der Waals surface area contributed by atoms with E-state index in [-0.39, 0.29) is 0 Å². The third kappa shape index (κ3) is 2.76. The lowest BCUT2D eigenvalue weighted by Gasteiger charge is -2.25. The second kappa shape index (κ2) is 5.15. The van der Waals surface area contributed by atoms with Gasteiger partial charge in [-0.25, -0.2) is 8.78 Å². The lowest BCUT2D eigenvalue weighted by Crippen LogP contribution is -2.43. The largest absolute Gasteiger partial charge is 0.347 e. The van der Waals surface area contributed by atoms with Crippen LogP contribution in [-0.4, -0.2) is 16.4 Å². The predicted octanol–water partition coefficient (Wildman–Crippen LogP) is 2.94. The first-order valence-corrected chi connectivity index (χ1v) is 6.28. The fraction of sp³-hybridized carbons (Fsp3) is 0.462. The van der Waals surface area contributed by atoms with Gasteiger partial charge < -0.3 is 5.32 Å². The molecule has 1 aliphatic rings. The molecule has 0 saturated heterocycles. The number of hydrogen-bond donors (Lipinski definition) is 1. The maximum atomic E-state index is 13.2. The van der Waals surface area contributed by atoms with Crippen LogP contribution in [0.25, 0.3) is 0 Å². The van der Waals surface area contributed by atoms with Crippen LogP contribution in [0.4, 0.5) is 14.5 Å². The van der Waals surface area contributed by atoms with E-state index in [1.807, 2.05) is 6.92 Å². The van der Waals surface area contributed by atoms with Crippen LogP contribution >= 0.6 is 0 Å². The van der Waals surface area contributed by atoms with Crippen molar-refractivity contribution >= 4 is 11.6 Å². The van der Waals surface area contributed by atoms with Gasteiger partial charge in [-0.3, -0.25) is 14.9 Å². The molecule has 0 aromatic heterocycles. The maximum absolute atomic E-state index is 13.2. The third-order valence-electron chi connectivity index (χ3n) is 3.60. The Kier molecular flexibility index (Phi) is 3.69. The Morgan fingerprint density at radius 2 is 1.85 bits per heavy atom. The molecule has 7 heteroatoms. The summed E-state index contributed by atoms with van der Waals surface area (Å²) in [6.45, 7) is 1.84. The summed E-state index contributed by atoms with van der Waals surface area (Å²) >= 11 is 0. The summed E-state index contributed by atoms with van der Waals surface area (Å²) in [7, 11) is 0. The van der Waals surface area contributed by atoms with E-state index in [9.17, 15) is 23.7 Å². The van der Waals surface area contributed by atoms with Crippen LogP contribution in [-0.2, 0) is 0 Å². The van der Waals surface area contributed by atoms with Gasteiger partial charge in [0.1, 0.15) is 5.56 Å². The van der Waals surface area contributed by atoms with Crippen molar-refractivity contribution in [2.75, 3.05) is 0 Å².